The third kappa shape index (κ3) is 8.47. The maximum atomic E-state index is 11.6. The summed E-state index contributed by atoms with van der Waals surface area (Å²) in [5, 5.41) is 0. The van der Waals surface area contributed by atoms with E-state index in [1.165, 1.54) is 0 Å². The SMILES string of the molecule is O=C(C#CC(=O)Oc1c(I)cc(I)cc1I)OCCS(=O)(=O)[O-]. The van der Waals surface area contributed by atoms with E-state index in [0.717, 1.165) is 3.57 Å². The van der Waals surface area contributed by atoms with E-state index in [4.69, 9.17) is 4.74 Å². The van der Waals surface area contributed by atoms with Crippen LogP contribution in [0.25, 0.3) is 0 Å². The van der Waals surface area contributed by atoms with Gasteiger partial charge in [0.15, 0.2) is 5.75 Å². The molecule has 23 heavy (non-hydrogen) atoms. The molecule has 0 bridgehead atoms. The monoisotopic (exact) mass is 675 g/mol. The van der Waals surface area contributed by atoms with Crippen LogP contribution < -0.4 is 4.74 Å². The molecule has 0 fully saturated rings. The van der Waals surface area contributed by atoms with Crippen molar-refractivity contribution >= 4 is 89.8 Å². The topological polar surface area (TPSA) is 110 Å². The smallest absolute Gasteiger partial charge is 0.390 e. The number of halogens is 3. The Bertz CT molecular complexity index is 770. The van der Waals surface area contributed by atoms with Gasteiger partial charge in [-0.1, -0.05) is 0 Å². The molecule has 0 N–H and O–H groups in total. The van der Waals surface area contributed by atoms with Crippen molar-refractivity contribution in [2.75, 3.05) is 12.4 Å². The van der Waals surface area contributed by atoms with Crippen molar-refractivity contribution < 1.29 is 32.0 Å². The Balaban J connectivity index is 2.63. The fourth-order valence-corrected chi connectivity index (χ4v) is 5.21. The van der Waals surface area contributed by atoms with Crippen LogP contribution in [0.15, 0.2) is 12.1 Å². The minimum atomic E-state index is -4.47. The average molecular weight is 675 g/mol. The third-order valence-corrected chi connectivity index (χ3v) is 4.88. The summed E-state index contributed by atoms with van der Waals surface area (Å²) in [4.78, 5) is 22.7. The highest BCUT2D eigenvalue weighted by molar-refractivity contribution is 14.1. The van der Waals surface area contributed by atoms with Crippen LogP contribution in [0, 0.1) is 22.6 Å². The standard InChI is InChI=1S/C12H7I3O7S/c13-7-5-8(14)12(9(15)6-7)22-11(17)2-1-10(16)21-3-4-23(18,19)20/h5-6H,3-4H2,(H,18,19,20)/p-1. The number of hydrogen-bond donors (Lipinski definition) is 0. The average Bonchev–Trinajstić information content (AvgIpc) is 2.39. The Morgan fingerprint density at radius 2 is 1.61 bits per heavy atom. The molecular weight excluding hydrogens is 669 g/mol. The molecule has 0 aliphatic carbocycles. The van der Waals surface area contributed by atoms with Crippen molar-refractivity contribution in [3.63, 3.8) is 0 Å². The number of carbonyl (C=O) groups is 2. The summed E-state index contributed by atoms with van der Waals surface area (Å²) in [5.74, 6) is 1.16. The van der Waals surface area contributed by atoms with E-state index in [9.17, 15) is 22.6 Å². The first-order chi connectivity index (χ1) is 10.6. The van der Waals surface area contributed by atoms with Crippen LogP contribution in [-0.2, 0) is 24.4 Å². The lowest BCUT2D eigenvalue weighted by Crippen LogP contribution is -2.14. The van der Waals surface area contributed by atoms with Crippen LogP contribution in [0.1, 0.15) is 0 Å². The number of carbonyl (C=O) groups excluding carboxylic acids is 2. The maximum absolute atomic E-state index is 11.6. The fraction of sp³-hybridized carbons (Fsp3) is 0.167. The Kier molecular flexibility index (Phi) is 8.47. The first-order valence-electron chi connectivity index (χ1n) is 5.57. The number of hydrogen-bond acceptors (Lipinski definition) is 7. The molecule has 0 spiro atoms. The lowest BCUT2D eigenvalue weighted by atomic mass is 10.3. The fourth-order valence-electron chi connectivity index (χ4n) is 1.12. The second-order valence-corrected chi connectivity index (χ2v) is 8.83. The molecule has 0 unspecified atom stereocenters. The molecular formula is C12H6I3O7S-. The van der Waals surface area contributed by atoms with Crippen molar-refractivity contribution in [1.29, 1.82) is 0 Å². The van der Waals surface area contributed by atoms with Gasteiger partial charge in [-0.15, -0.1) is 0 Å². The molecule has 0 amide bonds. The Labute approximate surface area is 173 Å². The molecule has 0 saturated carbocycles. The molecule has 1 aromatic rings. The Morgan fingerprint density at radius 3 is 2.13 bits per heavy atom. The van der Waals surface area contributed by atoms with Crippen LogP contribution in [0.5, 0.6) is 5.75 Å². The van der Waals surface area contributed by atoms with Gasteiger partial charge < -0.3 is 14.0 Å². The van der Waals surface area contributed by atoms with Gasteiger partial charge >= 0.3 is 11.9 Å². The van der Waals surface area contributed by atoms with Gasteiger partial charge in [-0.3, -0.25) is 0 Å². The van der Waals surface area contributed by atoms with Gasteiger partial charge in [-0.2, -0.15) is 0 Å². The molecule has 11 heteroatoms. The number of benzene rings is 1. The summed E-state index contributed by atoms with van der Waals surface area (Å²) < 4.78 is 42.7. The van der Waals surface area contributed by atoms with Crippen LogP contribution in [0.3, 0.4) is 0 Å². The second-order valence-electron chi connectivity index (χ2n) is 3.74. The minimum Gasteiger partial charge on any atom is -0.748 e. The van der Waals surface area contributed by atoms with E-state index in [-0.39, 0.29) is 0 Å². The van der Waals surface area contributed by atoms with Crippen molar-refractivity contribution in [2.45, 2.75) is 0 Å². The zero-order valence-corrected chi connectivity index (χ0v) is 18.3. The Hall–Kier alpha value is -0.180. The van der Waals surface area contributed by atoms with E-state index in [0.29, 0.717) is 12.9 Å². The molecule has 0 aliphatic rings. The van der Waals surface area contributed by atoms with Crippen LogP contribution in [-0.4, -0.2) is 37.3 Å². The molecule has 0 atom stereocenters. The van der Waals surface area contributed by atoms with Crippen LogP contribution >= 0.6 is 67.8 Å². The van der Waals surface area contributed by atoms with Gasteiger partial charge in [0.2, 0.25) is 0 Å². The van der Waals surface area contributed by atoms with Crippen molar-refractivity contribution in [3.8, 4) is 17.6 Å². The lowest BCUT2D eigenvalue weighted by molar-refractivity contribution is -0.136. The minimum absolute atomic E-state index is 0.330. The predicted molar refractivity (Wildman–Crippen MR) is 104 cm³/mol. The molecule has 0 aliphatic heterocycles. The molecule has 7 nitrogen and oxygen atoms in total. The summed E-state index contributed by atoms with van der Waals surface area (Å²) in [7, 11) is -4.47. The highest BCUT2D eigenvalue weighted by Gasteiger charge is 2.11. The van der Waals surface area contributed by atoms with Gasteiger partial charge in [0, 0.05) is 15.4 Å². The molecule has 0 saturated heterocycles. The molecule has 124 valence electrons. The van der Waals surface area contributed by atoms with Gasteiger partial charge in [0.1, 0.15) is 6.61 Å². The second kappa shape index (κ2) is 9.34. The summed E-state index contributed by atoms with van der Waals surface area (Å²) in [6.45, 7) is -0.624. The number of ether oxygens (including phenoxy) is 2. The predicted octanol–water partition coefficient (Wildman–Crippen LogP) is 1.50. The highest BCUT2D eigenvalue weighted by atomic mass is 127. The van der Waals surface area contributed by atoms with Gasteiger partial charge in [-0.25, -0.2) is 18.0 Å². The van der Waals surface area contributed by atoms with E-state index >= 15 is 0 Å². The van der Waals surface area contributed by atoms with Crippen molar-refractivity contribution in [3.05, 3.63) is 22.8 Å². The normalized spacial score (nSPS) is 10.4. The third-order valence-electron chi connectivity index (χ3n) is 1.99. The van der Waals surface area contributed by atoms with E-state index in [2.05, 4.69) is 27.3 Å². The molecule has 0 aromatic heterocycles. The number of rotatable bonds is 4. The molecule has 0 heterocycles. The van der Waals surface area contributed by atoms with E-state index in [1.807, 2.05) is 57.0 Å². The highest BCUT2D eigenvalue weighted by Crippen LogP contribution is 2.29. The zero-order chi connectivity index (χ0) is 17.6. The van der Waals surface area contributed by atoms with E-state index in [1.54, 1.807) is 12.1 Å². The van der Waals surface area contributed by atoms with Crippen molar-refractivity contribution in [1.82, 2.24) is 0 Å². The van der Waals surface area contributed by atoms with Crippen LogP contribution in [0.4, 0.5) is 0 Å². The number of esters is 2. The first kappa shape index (κ1) is 20.9. The summed E-state index contributed by atoms with van der Waals surface area (Å²) in [6.07, 6.45) is 0. The van der Waals surface area contributed by atoms with E-state index < -0.39 is 34.4 Å². The summed E-state index contributed by atoms with van der Waals surface area (Å²) in [5.41, 5.74) is 0. The molecule has 0 radical (unpaired) electrons. The lowest BCUT2D eigenvalue weighted by Gasteiger charge is -2.06. The van der Waals surface area contributed by atoms with Gasteiger partial charge in [0.25, 0.3) is 0 Å². The summed E-state index contributed by atoms with van der Waals surface area (Å²) >= 11 is 6.12. The quantitative estimate of drug-likeness (QED) is 0.119. The maximum Gasteiger partial charge on any atom is 0.390 e. The Morgan fingerprint density at radius 1 is 1.09 bits per heavy atom. The van der Waals surface area contributed by atoms with Gasteiger partial charge in [0.05, 0.1) is 23.0 Å². The van der Waals surface area contributed by atoms with Crippen LogP contribution in [0.2, 0.25) is 0 Å². The zero-order valence-electron chi connectivity index (χ0n) is 11.0. The molecule has 1 rings (SSSR count). The summed E-state index contributed by atoms with van der Waals surface area (Å²) in [6, 6.07) is 3.61. The van der Waals surface area contributed by atoms with Crippen molar-refractivity contribution in [2.24, 2.45) is 0 Å². The largest absolute Gasteiger partial charge is 0.748 e. The molecule has 1 aromatic carbocycles. The first-order valence-corrected chi connectivity index (χ1v) is 10.4. The van der Waals surface area contributed by atoms with Gasteiger partial charge in [-0.05, 0) is 79.9 Å².